The van der Waals surface area contributed by atoms with Gasteiger partial charge in [0.15, 0.2) is 5.95 Å². The normalized spacial score (nSPS) is 14.4. The molecule has 1 aromatic carbocycles. The van der Waals surface area contributed by atoms with E-state index in [2.05, 4.69) is 9.79 Å². The zero-order valence-corrected chi connectivity index (χ0v) is 10.1. The Morgan fingerprint density at radius 3 is 2.28 bits per heavy atom. The van der Waals surface area contributed by atoms with Crippen LogP contribution in [0, 0.1) is 0 Å². The Balaban J connectivity index is 2.43. The Morgan fingerprint density at radius 1 is 1.17 bits per heavy atom. The topological polar surface area (TPSA) is 93.4 Å². The predicted molar refractivity (Wildman–Crippen MR) is 58.7 cm³/mol. The second-order valence-corrected chi connectivity index (χ2v) is 4.10. The van der Waals surface area contributed by atoms with Crippen molar-refractivity contribution < 1.29 is 24.5 Å². The van der Waals surface area contributed by atoms with Gasteiger partial charge in [0, 0.05) is 12.1 Å². The smallest absolute Gasteiger partial charge is 0.268 e. The number of nitrogens with zero attached hydrogens (tertiary/aromatic N) is 2. The molecular weight excluding hydrogens is 236 g/mol. The van der Waals surface area contributed by atoms with Gasteiger partial charge in [-0.2, -0.15) is 0 Å². The Morgan fingerprint density at radius 2 is 1.78 bits per heavy atom. The van der Waals surface area contributed by atoms with E-state index in [0.29, 0.717) is 5.69 Å². The lowest BCUT2D eigenvalue weighted by Gasteiger charge is -2.03. The Bertz CT molecular complexity index is 532. The Labute approximate surface area is 104 Å². The van der Waals surface area contributed by atoms with Crippen LogP contribution < -0.4 is 9.79 Å². The highest BCUT2D eigenvalue weighted by Gasteiger charge is 2.24. The fraction of sp³-hybridized carbons (Fsp3) is 0.333. The molecule has 0 aliphatic heterocycles. The molecule has 0 aliphatic carbocycles. The van der Waals surface area contributed by atoms with E-state index in [1.165, 1.54) is 11.6 Å². The Kier molecular flexibility index (Phi) is 3.31. The predicted octanol–water partition coefficient (Wildman–Crippen LogP) is 0.131. The molecule has 18 heavy (non-hydrogen) atoms. The summed E-state index contributed by atoms with van der Waals surface area (Å²) in [5.74, 6) is -0.662. The van der Waals surface area contributed by atoms with E-state index in [1.807, 2.05) is 0 Å². The minimum atomic E-state index is -0.972. The van der Waals surface area contributed by atoms with Crippen molar-refractivity contribution in [3.63, 3.8) is 0 Å². The van der Waals surface area contributed by atoms with Crippen molar-refractivity contribution in [2.75, 3.05) is 0 Å². The molecule has 0 fully saturated rings. The molecular formula is C12H14N2O4. The van der Waals surface area contributed by atoms with E-state index in [4.69, 9.17) is 0 Å². The van der Waals surface area contributed by atoms with Crippen molar-refractivity contribution in [3.05, 3.63) is 35.5 Å². The van der Waals surface area contributed by atoms with Gasteiger partial charge in [0.05, 0.1) is 11.4 Å². The first-order valence-electron chi connectivity index (χ1n) is 5.56. The third-order valence-electron chi connectivity index (χ3n) is 2.66. The molecule has 2 atom stereocenters. The number of hydrogen-bond donors (Lipinski definition) is 2. The molecule has 0 saturated carbocycles. The van der Waals surface area contributed by atoms with Gasteiger partial charge in [-0.3, -0.25) is 0 Å². The summed E-state index contributed by atoms with van der Waals surface area (Å²) in [6.45, 7) is 3.13. The van der Waals surface area contributed by atoms with Crippen molar-refractivity contribution in [3.8, 4) is 11.6 Å². The molecule has 0 radical (unpaired) electrons. The average molecular weight is 250 g/mol. The van der Waals surface area contributed by atoms with Crippen molar-refractivity contribution in [1.29, 1.82) is 0 Å². The first-order valence-corrected chi connectivity index (χ1v) is 5.56. The van der Waals surface area contributed by atoms with Gasteiger partial charge < -0.3 is 19.8 Å². The van der Waals surface area contributed by atoms with Crippen molar-refractivity contribution >= 4 is 0 Å². The summed E-state index contributed by atoms with van der Waals surface area (Å²) in [6, 6.07) is 6.82. The van der Waals surface area contributed by atoms with Crippen LogP contribution in [0.15, 0.2) is 28.8 Å². The number of aliphatic hydroxyl groups excluding tert-OH is 2. The molecule has 2 N–H and O–H groups in total. The maximum Gasteiger partial charge on any atom is 0.268 e. The van der Waals surface area contributed by atoms with Crippen LogP contribution in [0.2, 0.25) is 0 Å². The van der Waals surface area contributed by atoms with E-state index < -0.39 is 18.2 Å². The summed E-state index contributed by atoms with van der Waals surface area (Å²) >= 11 is 0. The van der Waals surface area contributed by atoms with Crippen LogP contribution in [0.5, 0.6) is 5.95 Å². The van der Waals surface area contributed by atoms with Gasteiger partial charge in [0.1, 0.15) is 6.10 Å². The van der Waals surface area contributed by atoms with Crippen molar-refractivity contribution in [1.82, 2.24) is 5.27 Å². The molecule has 2 rings (SSSR count). The van der Waals surface area contributed by atoms with Crippen LogP contribution in [-0.4, -0.2) is 15.5 Å². The fourth-order valence-corrected chi connectivity index (χ4v) is 1.68. The fourth-order valence-electron chi connectivity index (χ4n) is 1.68. The number of rotatable bonds is 3. The molecule has 1 aromatic heterocycles. The summed E-state index contributed by atoms with van der Waals surface area (Å²) < 4.78 is 5.79. The molecule has 0 spiro atoms. The van der Waals surface area contributed by atoms with Crippen LogP contribution in [0.3, 0.4) is 0 Å². The van der Waals surface area contributed by atoms with Gasteiger partial charge in [-0.1, -0.05) is 0 Å². The summed E-state index contributed by atoms with van der Waals surface area (Å²) in [5.41, 5.74) is 1.41. The summed E-state index contributed by atoms with van der Waals surface area (Å²) in [4.78, 5) is 0. The molecule has 1 heterocycles. The third-order valence-corrected chi connectivity index (χ3v) is 2.66. The number of aromatic nitrogens is 2. The quantitative estimate of drug-likeness (QED) is 0.755. The standard InChI is InChI=1S/C12H14N2O4/c1-7(15)9-3-5-10(6-4-9)14-11(8(2)16)12(17)18-13-14/h3-8,15-16H,1-2H3. The molecule has 0 saturated heterocycles. The SMILES string of the molecule is CC(O)c1ccc(-[n+]2noc([O-])c2C(C)O)cc1. The zero-order valence-electron chi connectivity index (χ0n) is 10.1. The maximum atomic E-state index is 11.4. The van der Waals surface area contributed by atoms with Gasteiger partial charge in [0.2, 0.25) is 5.69 Å². The molecule has 0 aliphatic rings. The van der Waals surface area contributed by atoms with E-state index in [9.17, 15) is 15.3 Å². The van der Waals surface area contributed by atoms with Gasteiger partial charge in [-0.25, -0.2) is 0 Å². The number of aliphatic hydroxyl groups is 2. The number of benzene rings is 1. The molecule has 6 heteroatoms. The first-order chi connectivity index (χ1) is 8.50. The van der Waals surface area contributed by atoms with Gasteiger partial charge in [0.25, 0.3) is 5.69 Å². The lowest BCUT2D eigenvalue weighted by atomic mass is 10.1. The zero-order chi connectivity index (χ0) is 13.3. The van der Waals surface area contributed by atoms with Crippen LogP contribution >= 0.6 is 0 Å². The van der Waals surface area contributed by atoms with E-state index >= 15 is 0 Å². The minimum Gasteiger partial charge on any atom is -0.539 e. The lowest BCUT2D eigenvalue weighted by molar-refractivity contribution is -0.680. The van der Waals surface area contributed by atoms with Crippen LogP contribution in [0.1, 0.15) is 37.3 Å². The molecule has 96 valence electrons. The molecule has 2 aromatic rings. The minimum absolute atomic E-state index is 0.0693. The Hall–Kier alpha value is -1.92. The third kappa shape index (κ3) is 2.20. The second kappa shape index (κ2) is 4.75. The summed E-state index contributed by atoms with van der Waals surface area (Å²) in [5, 5.41) is 33.9. The molecule has 2 unspecified atom stereocenters. The van der Waals surface area contributed by atoms with E-state index in [-0.39, 0.29) is 5.69 Å². The van der Waals surface area contributed by atoms with Crippen LogP contribution in [-0.2, 0) is 0 Å². The van der Waals surface area contributed by atoms with Crippen molar-refractivity contribution in [2.45, 2.75) is 26.1 Å². The highest BCUT2D eigenvalue weighted by molar-refractivity contribution is 5.29. The highest BCUT2D eigenvalue weighted by atomic mass is 16.6. The average Bonchev–Trinajstić information content (AvgIpc) is 2.71. The van der Waals surface area contributed by atoms with E-state index in [1.54, 1.807) is 31.2 Å². The number of hydrogen-bond acceptors (Lipinski definition) is 5. The van der Waals surface area contributed by atoms with Gasteiger partial charge in [-0.05, 0) is 36.2 Å². The van der Waals surface area contributed by atoms with Crippen LogP contribution in [0.25, 0.3) is 5.69 Å². The summed E-state index contributed by atoms with van der Waals surface area (Å²) in [6.07, 6.45) is -1.53. The molecule has 0 bridgehead atoms. The van der Waals surface area contributed by atoms with Crippen LogP contribution in [0.4, 0.5) is 0 Å². The second-order valence-electron chi connectivity index (χ2n) is 4.10. The molecule has 6 nitrogen and oxygen atoms in total. The summed E-state index contributed by atoms with van der Waals surface area (Å²) in [7, 11) is 0. The van der Waals surface area contributed by atoms with E-state index in [0.717, 1.165) is 5.56 Å². The van der Waals surface area contributed by atoms with Gasteiger partial charge >= 0.3 is 0 Å². The molecule has 0 amide bonds. The largest absolute Gasteiger partial charge is 0.539 e. The van der Waals surface area contributed by atoms with Crippen molar-refractivity contribution in [2.24, 2.45) is 0 Å². The highest BCUT2D eigenvalue weighted by Crippen LogP contribution is 2.19. The monoisotopic (exact) mass is 250 g/mol. The first kappa shape index (κ1) is 12.5. The van der Waals surface area contributed by atoms with Gasteiger partial charge in [-0.15, -0.1) is 0 Å². The maximum absolute atomic E-state index is 11.4. The lowest BCUT2D eigenvalue weighted by Crippen LogP contribution is -2.37.